The van der Waals surface area contributed by atoms with Gasteiger partial charge in [-0.2, -0.15) is 0 Å². The molecular weight excluding hydrogens is 288 g/mol. The van der Waals surface area contributed by atoms with E-state index in [9.17, 15) is 8.42 Å². The van der Waals surface area contributed by atoms with Crippen molar-refractivity contribution in [2.45, 2.75) is 24.3 Å². The van der Waals surface area contributed by atoms with Crippen LogP contribution in [0, 0.1) is 0 Å². The predicted molar refractivity (Wildman–Crippen MR) is 81.2 cm³/mol. The molecule has 0 spiro atoms. The van der Waals surface area contributed by atoms with Gasteiger partial charge >= 0.3 is 0 Å². The van der Waals surface area contributed by atoms with E-state index in [2.05, 4.69) is 4.98 Å². The minimum atomic E-state index is -3.25. The van der Waals surface area contributed by atoms with Gasteiger partial charge in [-0.15, -0.1) is 0 Å². The first-order valence-electron chi connectivity index (χ1n) is 6.53. The Morgan fingerprint density at radius 1 is 1.29 bits per heavy atom. The molecule has 112 valence electrons. The van der Waals surface area contributed by atoms with E-state index in [0.29, 0.717) is 11.6 Å². The Morgan fingerprint density at radius 2 is 2.05 bits per heavy atom. The lowest BCUT2D eigenvalue weighted by atomic mass is 10.1. The summed E-state index contributed by atoms with van der Waals surface area (Å²) in [6.07, 6.45) is 3.61. The Hall–Kier alpha value is -1.92. The molecule has 21 heavy (non-hydrogen) atoms. The topological polar surface area (TPSA) is 82.3 Å². The first-order valence-corrected chi connectivity index (χ1v) is 8.42. The molecule has 0 amide bonds. The van der Waals surface area contributed by atoms with Crippen LogP contribution in [0.1, 0.15) is 12.5 Å². The van der Waals surface area contributed by atoms with Crippen molar-refractivity contribution in [3.8, 4) is 11.6 Å². The number of benzene rings is 1. The summed E-state index contributed by atoms with van der Waals surface area (Å²) in [4.78, 5) is 4.41. The second-order valence-electron chi connectivity index (χ2n) is 5.04. The zero-order valence-corrected chi connectivity index (χ0v) is 12.8. The van der Waals surface area contributed by atoms with Crippen LogP contribution in [0.2, 0.25) is 0 Å². The third-order valence-corrected chi connectivity index (χ3v) is 3.92. The average Bonchev–Trinajstić information content (AvgIpc) is 2.40. The van der Waals surface area contributed by atoms with Crippen LogP contribution < -0.4 is 10.5 Å². The van der Waals surface area contributed by atoms with E-state index in [0.717, 1.165) is 18.2 Å². The normalized spacial score (nSPS) is 12.9. The van der Waals surface area contributed by atoms with Gasteiger partial charge in [-0.1, -0.05) is 12.1 Å². The molecule has 0 aliphatic carbocycles. The van der Waals surface area contributed by atoms with Crippen LogP contribution in [0.25, 0.3) is 0 Å². The number of ether oxygens (including phenoxy) is 1. The maximum absolute atomic E-state index is 11.5. The fourth-order valence-corrected chi connectivity index (χ4v) is 2.51. The van der Waals surface area contributed by atoms with Crippen molar-refractivity contribution in [2.24, 2.45) is 5.73 Å². The van der Waals surface area contributed by atoms with Crippen LogP contribution in [-0.4, -0.2) is 25.7 Å². The van der Waals surface area contributed by atoms with Gasteiger partial charge in [0.1, 0.15) is 5.75 Å². The predicted octanol–water partition coefficient (Wildman–Crippen LogP) is 2.17. The zero-order valence-electron chi connectivity index (χ0n) is 12.0. The van der Waals surface area contributed by atoms with E-state index in [1.807, 2.05) is 13.0 Å². The molecule has 5 nitrogen and oxygen atoms in total. The monoisotopic (exact) mass is 306 g/mol. The number of sulfone groups is 1. The lowest BCUT2D eigenvalue weighted by Gasteiger charge is -2.08. The second kappa shape index (κ2) is 6.24. The van der Waals surface area contributed by atoms with Gasteiger partial charge in [0, 0.05) is 24.6 Å². The van der Waals surface area contributed by atoms with E-state index >= 15 is 0 Å². The number of hydrogen-bond donors (Lipinski definition) is 1. The summed E-state index contributed by atoms with van der Waals surface area (Å²) in [7, 11) is -3.25. The van der Waals surface area contributed by atoms with Crippen LogP contribution >= 0.6 is 0 Å². The molecule has 1 heterocycles. The molecular formula is C15H18N2O3S. The van der Waals surface area contributed by atoms with Crippen LogP contribution in [0.3, 0.4) is 0 Å². The Bertz CT molecular complexity index is 710. The molecule has 1 atom stereocenters. The Labute approximate surface area is 124 Å². The van der Waals surface area contributed by atoms with Gasteiger partial charge in [0.05, 0.1) is 4.90 Å². The highest BCUT2D eigenvalue weighted by molar-refractivity contribution is 7.90. The fourth-order valence-electron chi connectivity index (χ4n) is 1.85. The van der Waals surface area contributed by atoms with Gasteiger partial charge in [-0.05, 0) is 37.1 Å². The largest absolute Gasteiger partial charge is 0.439 e. The Morgan fingerprint density at radius 3 is 2.62 bits per heavy atom. The second-order valence-corrected chi connectivity index (χ2v) is 7.05. The number of hydrogen-bond acceptors (Lipinski definition) is 5. The van der Waals surface area contributed by atoms with Crippen LogP contribution in [0.15, 0.2) is 47.5 Å². The summed E-state index contributed by atoms with van der Waals surface area (Å²) in [5, 5.41) is 0. The van der Waals surface area contributed by atoms with Crippen LogP contribution in [0.4, 0.5) is 0 Å². The van der Waals surface area contributed by atoms with E-state index in [1.165, 1.54) is 12.1 Å². The summed E-state index contributed by atoms with van der Waals surface area (Å²) in [6.45, 7) is 1.93. The van der Waals surface area contributed by atoms with Crippen molar-refractivity contribution >= 4 is 9.84 Å². The SMILES string of the molecule is CC(N)Cc1ccc(Oc2cccc(S(C)(=O)=O)c2)nc1. The quantitative estimate of drug-likeness (QED) is 0.915. The van der Waals surface area contributed by atoms with Crippen molar-refractivity contribution in [1.82, 2.24) is 4.98 Å². The standard InChI is InChI=1S/C15H18N2O3S/c1-11(16)8-12-6-7-15(17-10-12)20-13-4-3-5-14(9-13)21(2,18)19/h3-7,9-11H,8,16H2,1-2H3. The van der Waals surface area contributed by atoms with Crippen molar-refractivity contribution in [3.05, 3.63) is 48.2 Å². The molecule has 2 rings (SSSR count). The van der Waals surface area contributed by atoms with Crippen molar-refractivity contribution < 1.29 is 13.2 Å². The molecule has 1 aromatic carbocycles. The number of rotatable bonds is 5. The molecule has 2 N–H and O–H groups in total. The molecule has 0 bridgehead atoms. The number of pyridine rings is 1. The molecule has 0 radical (unpaired) electrons. The molecule has 1 aromatic heterocycles. The molecule has 0 aliphatic heterocycles. The van der Waals surface area contributed by atoms with Gasteiger partial charge in [0.25, 0.3) is 0 Å². The van der Waals surface area contributed by atoms with Gasteiger partial charge in [0.15, 0.2) is 9.84 Å². The van der Waals surface area contributed by atoms with E-state index in [4.69, 9.17) is 10.5 Å². The van der Waals surface area contributed by atoms with Crippen molar-refractivity contribution in [1.29, 1.82) is 0 Å². The Balaban J connectivity index is 2.15. The van der Waals surface area contributed by atoms with Gasteiger partial charge in [-0.3, -0.25) is 0 Å². The van der Waals surface area contributed by atoms with E-state index in [-0.39, 0.29) is 10.9 Å². The van der Waals surface area contributed by atoms with Gasteiger partial charge in [-0.25, -0.2) is 13.4 Å². The summed E-state index contributed by atoms with van der Waals surface area (Å²) in [5.74, 6) is 0.847. The minimum absolute atomic E-state index is 0.0741. The molecule has 6 heteroatoms. The molecule has 0 fully saturated rings. The molecule has 2 aromatic rings. The zero-order chi connectivity index (χ0) is 15.5. The van der Waals surface area contributed by atoms with E-state index in [1.54, 1.807) is 24.4 Å². The maximum Gasteiger partial charge on any atom is 0.219 e. The van der Waals surface area contributed by atoms with Gasteiger partial charge < -0.3 is 10.5 Å². The van der Waals surface area contributed by atoms with Crippen LogP contribution in [-0.2, 0) is 16.3 Å². The number of aromatic nitrogens is 1. The highest BCUT2D eigenvalue weighted by Crippen LogP contribution is 2.22. The molecule has 0 saturated carbocycles. The third-order valence-electron chi connectivity index (χ3n) is 2.81. The summed E-state index contributed by atoms with van der Waals surface area (Å²) in [6, 6.07) is 10.0. The van der Waals surface area contributed by atoms with Gasteiger partial charge in [0.2, 0.25) is 5.88 Å². The first-order chi connectivity index (χ1) is 9.84. The van der Waals surface area contributed by atoms with E-state index < -0.39 is 9.84 Å². The molecule has 0 saturated heterocycles. The number of nitrogens with zero attached hydrogens (tertiary/aromatic N) is 1. The highest BCUT2D eigenvalue weighted by Gasteiger charge is 2.08. The fraction of sp³-hybridized carbons (Fsp3) is 0.267. The molecule has 1 unspecified atom stereocenters. The van der Waals surface area contributed by atoms with Crippen LogP contribution in [0.5, 0.6) is 11.6 Å². The highest BCUT2D eigenvalue weighted by atomic mass is 32.2. The lowest BCUT2D eigenvalue weighted by molar-refractivity contribution is 0.460. The summed E-state index contributed by atoms with van der Waals surface area (Å²) >= 11 is 0. The minimum Gasteiger partial charge on any atom is -0.439 e. The Kier molecular flexibility index (Phi) is 4.59. The first kappa shape index (κ1) is 15.5. The molecule has 0 aliphatic rings. The number of nitrogens with two attached hydrogens (primary N) is 1. The third kappa shape index (κ3) is 4.54. The average molecular weight is 306 g/mol. The summed E-state index contributed by atoms with van der Waals surface area (Å²) in [5.41, 5.74) is 6.76. The van der Waals surface area contributed by atoms with Crippen molar-refractivity contribution in [3.63, 3.8) is 0 Å². The maximum atomic E-state index is 11.5. The van der Waals surface area contributed by atoms with Crippen molar-refractivity contribution in [2.75, 3.05) is 6.26 Å². The lowest BCUT2D eigenvalue weighted by Crippen LogP contribution is -2.17. The smallest absolute Gasteiger partial charge is 0.219 e. The summed E-state index contributed by atoms with van der Waals surface area (Å²) < 4.78 is 28.6.